The van der Waals surface area contributed by atoms with Gasteiger partial charge in [-0.3, -0.25) is 4.79 Å². The standard InChI is InChI=1S/C28H23ClFNO2/c1-28(2,3)33-26-17-20(8-7-18-5-4-6-23(30)15-18)24-16-21(11-14-25(24)31-26)27(32)19-9-12-22(29)13-10-19/h4-17H,1-3H3. The summed E-state index contributed by atoms with van der Waals surface area (Å²) in [5.41, 5.74) is 2.91. The van der Waals surface area contributed by atoms with Crippen molar-refractivity contribution in [3.8, 4) is 5.88 Å². The van der Waals surface area contributed by atoms with Gasteiger partial charge in [-0.15, -0.1) is 0 Å². The molecule has 0 amide bonds. The molecule has 0 atom stereocenters. The fourth-order valence-electron chi connectivity index (χ4n) is 3.44. The van der Waals surface area contributed by atoms with Crippen molar-refractivity contribution in [2.24, 2.45) is 0 Å². The van der Waals surface area contributed by atoms with Crippen LogP contribution < -0.4 is 4.74 Å². The Morgan fingerprint density at radius 2 is 1.67 bits per heavy atom. The smallest absolute Gasteiger partial charge is 0.214 e. The van der Waals surface area contributed by atoms with E-state index in [1.165, 1.54) is 12.1 Å². The first-order valence-electron chi connectivity index (χ1n) is 10.6. The zero-order chi connectivity index (χ0) is 23.6. The number of ketones is 1. The third-order valence-corrected chi connectivity index (χ3v) is 5.15. The lowest BCUT2D eigenvalue weighted by atomic mass is 9.99. The van der Waals surface area contributed by atoms with Crippen LogP contribution in [-0.2, 0) is 0 Å². The number of carbonyl (C=O) groups excluding carboxylic acids is 1. The van der Waals surface area contributed by atoms with Gasteiger partial charge in [0.25, 0.3) is 0 Å². The zero-order valence-corrected chi connectivity index (χ0v) is 19.4. The minimum absolute atomic E-state index is 0.108. The van der Waals surface area contributed by atoms with Crippen LogP contribution in [0.15, 0.2) is 72.8 Å². The third-order valence-electron chi connectivity index (χ3n) is 4.90. The van der Waals surface area contributed by atoms with Gasteiger partial charge >= 0.3 is 0 Å². The number of halogens is 2. The van der Waals surface area contributed by atoms with Gasteiger partial charge in [0, 0.05) is 27.6 Å². The molecule has 0 saturated heterocycles. The molecule has 0 spiro atoms. The van der Waals surface area contributed by atoms with Gasteiger partial charge < -0.3 is 4.74 Å². The first kappa shape index (κ1) is 22.7. The van der Waals surface area contributed by atoms with Crippen molar-refractivity contribution < 1.29 is 13.9 Å². The average molecular weight is 460 g/mol. The maximum atomic E-state index is 13.6. The lowest BCUT2D eigenvalue weighted by molar-refractivity contribution is 0.103. The highest BCUT2D eigenvalue weighted by Gasteiger charge is 2.16. The second kappa shape index (κ2) is 9.16. The Labute approximate surface area is 197 Å². The Bertz CT molecular complexity index is 1350. The molecular weight excluding hydrogens is 437 g/mol. The summed E-state index contributed by atoms with van der Waals surface area (Å²) >= 11 is 5.95. The molecule has 5 heteroatoms. The number of nitrogens with zero attached hydrogens (tertiary/aromatic N) is 1. The van der Waals surface area contributed by atoms with Crippen LogP contribution in [0.2, 0.25) is 5.02 Å². The summed E-state index contributed by atoms with van der Waals surface area (Å²) in [7, 11) is 0. The van der Waals surface area contributed by atoms with Crippen LogP contribution in [0.25, 0.3) is 23.1 Å². The van der Waals surface area contributed by atoms with Gasteiger partial charge in [-0.25, -0.2) is 9.37 Å². The topological polar surface area (TPSA) is 39.2 Å². The largest absolute Gasteiger partial charge is 0.472 e. The number of carbonyl (C=O) groups is 1. The van der Waals surface area contributed by atoms with Crippen molar-refractivity contribution in [3.05, 3.63) is 106 Å². The molecule has 33 heavy (non-hydrogen) atoms. The molecular formula is C28H23ClFNO2. The maximum absolute atomic E-state index is 13.6. The molecule has 3 nitrogen and oxygen atoms in total. The number of aromatic nitrogens is 1. The Morgan fingerprint density at radius 3 is 2.36 bits per heavy atom. The van der Waals surface area contributed by atoms with Crippen molar-refractivity contribution in [2.75, 3.05) is 0 Å². The van der Waals surface area contributed by atoms with E-state index in [1.54, 1.807) is 36.4 Å². The summed E-state index contributed by atoms with van der Waals surface area (Å²) in [4.78, 5) is 17.7. The van der Waals surface area contributed by atoms with E-state index in [1.807, 2.05) is 57.2 Å². The molecule has 0 N–H and O–H groups in total. The highest BCUT2D eigenvalue weighted by atomic mass is 35.5. The molecule has 4 rings (SSSR count). The first-order valence-corrected chi connectivity index (χ1v) is 10.9. The van der Waals surface area contributed by atoms with E-state index in [-0.39, 0.29) is 11.6 Å². The number of hydrogen-bond donors (Lipinski definition) is 0. The highest BCUT2D eigenvalue weighted by Crippen LogP contribution is 2.28. The van der Waals surface area contributed by atoms with E-state index in [9.17, 15) is 9.18 Å². The van der Waals surface area contributed by atoms with Gasteiger partial charge in [-0.2, -0.15) is 0 Å². The molecule has 0 radical (unpaired) electrons. The molecule has 3 aromatic carbocycles. The molecule has 0 bridgehead atoms. The molecule has 1 aromatic heterocycles. The minimum atomic E-state index is -0.422. The number of hydrogen-bond acceptors (Lipinski definition) is 3. The number of rotatable bonds is 5. The lowest BCUT2D eigenvalue weighted by Gasteiger charge is -2.21. The molecule has 0 aliphatic rings. The molecule has 0 aliphatic heterocycles. The van der Waals surface area contributed by atoms with Gasteiger partial charge in [0.1, 0.15) is 11.4 Å². The molecule has 0 aliphatic carbocycles. The predicted molar refractivity (Wildman–Crippen MR) is 132 cm³/mol. The summed E-state index contributed by atoms with van der Waals surface area (Å²) in [6, 6.07) is 20.4. The number of ether oxygens (including phenoxy) is 1. The molecule has 0 fully saturated rings. The van der Waals surface area contributed by atoms with E-state index < -0.39 is 5.60 Å². The van der Waals surface area contributed by atoms with Gasteiger partial charge in [0.05, 0.1) is 5.52 Å². The summed E-state index contributed by atoms with van der Waals surface area (Å²) in [5, 5.41) is 1.37. The Kier molecular flexibility index (Phi) is 6.30. The van der Waals surface area contributed by atoms with Crippen LogP contribution in [-0.4, -0.2) is 16.4 Å². The second-order valence-electron chi connectivity index (χ2n) is 8.72. The first-order chi connectivity index (χ1) is 15.7. The SMILES string of the molecule is CC(C)(C)Oc1cc(C=Cc2cccc(F)c2)c2cc(C(=O)c3ccc(Cl)cc3)ccc2n1. The van der Waals surface area contributed by atoms with E-state index >= 15 is 0 Å². The van der Waals surface area contributed by atoms with E-state index in [0.717, 1.165) is 16.5 Å². The number of fused-ring (bicyclic) bond motifs is 1. The predicted octanol–water partition coefficient (Wildman–Crippen LogP) is 7.61. The van der Waals surface area contributed by atoms with Gasteiger partial charge in [-0.05, 0) is 86.5 Å². The van der Waals surface area contributed by atoms with Crippen molar-refractivity contribution in [1.82, 2.24) is 4.98 Å². The zero-order valence-electron chi connectivity index (χ0n) is 18.6. The minimum Gasteiger partial charge on any atom is -0.472 e. The van der Waals surface area contributed by atoms with E-state index in [0.29, 0.717) is 27.5 Å². The van der Waals surface area contributed by atoms with Crippen LogP contribution in [0.4, 0.5) is 4.39 Å². The van der Waals surface area contributed by atoms with Crippen molar-refractivity contribution in [3.63, 3.8) is 0 Å². The molecule has 166 valence electrons. The third kappa shape index (κ3) is 5.65. The fourth-order valence-corrected chi connectivity index (χ4v) is 3.56. The van der Waals surface area contributed by atoms with Crippen LogP contribution in [0.3, 0.4) is 0 Å². The summed E-state index contributed by atoms with van der Waals surface area (Å²) in [5.74, 6) is 0.0682. The van der Waals surface area contributed by atoms with Gasteiger partial charge in [0.15, 0.2) is 5.78 Å². The van der Waals surface area contributed by atoms with Crippen LogP contribution in [0.5, 0.6) is 5.88 Å². The molecule has 0 unspecified atom stereocenters. The van der Waals surface area contributed by atoms with E-state index in [2.05, 4.69) is 4.98 Å². The van der Waals surface area contributed by atoms with Crippen molar-refractivity contribution >= 4 is 40.4 Å². The van der Waals surface area contributed by atoms with Gasteiger partial charge in [0.2, 0.25) is 5.88 Å². The average Bonchev–Trinajstić information content (AvgIpc) is 2.76. The van der Waals surface area contributed by atoms with Crippen LogP contribution >= 0.6 is 11.6 Å². The Morgan fingerprint density at radius 1 is 0.939 bits per heavy atom. The fraction of sp³-hybridized carbons (Fsp3) is 0.143. The van der Waals surface area contributed by atoms with Crippen LogP contribution in [0.1, 0.15) is 47.8 Å². The van der Waals surface area contributed by atoms with E-state index in [4.69, 9.17) is 16.3 Å². The lowest BCUT2D eigenvalue weighted by Crippen LogP contribution is -2.23. The number of pyridine rings is 1. The number of benzene rings is 3. The summed E-state index contributed by atoms with van der Waals surface area (Å²) in [6.07, 6.45) is 3.71. The normalized spacial score (nSPS) is 11.8. The summed E-state index contributed by atoms with van der Waals surface area (Å²) in [6.45, 7) is 5.86. The summed E-state index contributed by atoms with van der Waals surface area (Å²) < 4.78 is 19.6. The van der Waals surface area contributed by atoms with Crippen molar-refractivity contribution in [1.29, 1.82) is 0 Å². The second-order valence-corrected chi connectivity index (χ2v) is 9.16. The quantitative estimate of drug-likeness (QED) is 0.288. The van der Waals surface area contributed by atoms with Crippen molar-refractivity contribution in [2.45, 2.75) is 26.4 Å². The van der Waals surface area contributed by atoms with Crippen LogP contribution in [0, 0.1) is 5.82 Å². The highest BCUT2D eigenvalue weighted by molar-refractivity contribution is 6.30. The maximum Gasteiger partial charge on any atom is 0.214 e. The Hall–Kier alpha value is -3.50. The Balaban J connectivity index is 1.81. The molecule has 1 heterocycles. The molecule has 0 saturated carbocycles. The monoisotopic (exact) mass is 459 g/mol. The molecule has 4 aromatic rings. The van der Waals surface area contributed by atoms with Gasteiger partial charge in [-0.1, -0.05) is 35.9 Å².